The molecular formula is C13H18N2O2. The fourth-order valence-corrected chi connectivity index (χ4v) is 1.67. The van der Waals surface area contributed by atoms with Crippen molar-refractivity contribution in [3.63, 3.8) is 0 Å². The van der Waals surface area contributed by atoms with Crippen LogP contribution in [0.1, 0.15) is 19.3 Å². The van der Waals surface area contributed by atoms with E-state index in [1.807, 2.05) is 30.3 Å². The third kappa shape index (κ3) is 3.46. The van der Waals surface area contributed by atoms with Crippen molar-refractivity contribution in [2.45, 2.75) is 24.8 Å². The van der Waals surface area contributed by atoms with Crippen molar-refractivity contribution in [2.75, 3.05) is 13.2 Å². The number of nitrogens with two attached hydrogens (primary N) is 1. The number of hydrogen-bond acceptors (Lipinski definition) is 3. The predicted molar refractivity (Wildman–Crippen MR) is 65.7 cm³/mol. The van der Waals surface area contributed by atoms with Gasteiger partial charge in [0, 0.05) is 6.54 Å². The minimum atomic E-state index is -0.107. The average molecular weight is 234 g/mol. The molecule has 0 heterocycles. The normalized spacial score (nSPS) is 16.3. The van der Waals surface area contributed by atoms with Crippen LogP contribution in [0.5, 0.6) is 5.75 Å². The molecule has 0 saturated heterocycles. The van der Waals surface area contributed by atoms with E-state index in [-0.39, 0.29) is 11.4 Å². The molecule has 1 aliphatic carbocycles. The van der Waals surface area contributed by atoms with Gasteiger partial charge in [-0.3, -0.25) is 4.79 Å². The molecule has 1 aromatic carbocycles. The number of benzene rings is 1. The van der Waals surface area contributed by atoms with Crippen molar-refractivity contribution in [2.24, 2.45) is 5.73 Å². The third-order valence-corrected chi connectivity index (χ3v) is 2.99. The summed E-state index contributed by atoms with van der Waals surface area (Å²) in [5, 5.41) is 2.96. The Morgan fingerprint density at radius 1 is 1.35 bits per heavy atom. The quantitative estimate of drug-likeness (QED) is 0.773. The highest BCUT2D eigenvalue weighted by atomic mass is 16.5. The number of nitrogens with one attached hydrogen (secondary N) is 1. The van der Waals surface area contributed by atoms with Gasteiger partial charge in [-0.1, -0.05) is 18.2 Å². The first-order valence-electron chi connectivity index (χ1n) is 5.93. The van der Waals surface area contributed by atoms with Crippen LogP contribution in [0.15, 0.2) is 30.3 Å². The minimum absolute atomic E-state index is 0.0175. The predicted octanol–water partition coefficient (Wildman–Crippen LogP) is 1.06. The van der Waals surface area contributed by atoms with Gasteiger partial charge in [0.05, 0.1) is 18.6 Å². The lowest BCUT2D eigenvalue weighted by atomic mass is 10.2. The van der Waals surface area contributed by atoms with Crippen LogP contribution in [-0.4, -0.2) is 24.6 Å². The van der Waals surface area contributed by atoms with Crippen molar-refractivity contribution in [1.29, 1.82) is 0 Å². The Morgan fingerprint density at radius 3 is 2.65 bits per heavy atom. The van der Waals surface area contributed by atoms with Crippen molar-refractivity contribution in [1.82, 2.24) is 5.32 Å². The molecule has 0 spiro atoms. The topological polar surface area (TPSA) is 64.3 Å². The molecule has 1 aliphatic rings. The number of carbonyl (C=O) groups excluding carboxylic acids is 1. The second-order valence-corrected chi connectivity index (χ2v) is 4.44. The number of para-hydroxylation sites is 1. The molecule has 2 rings (SSSR count). The summed E-state index contributed by atoms with van der Waals surface area (Å²) in [6.07, 6.45) is 2.36. The number of rotatable bonds is 6. The minimum Gasteiger partial charge on any atom is -0.493 e. The summed E-state index contributed by atoms with van der Waals surface area (Å²) in [7, 11) is 0. The van der Waals surface area contributed by atoms with Gasteiger partial charge in [0.15, 0.2) is 0 Å². The maximum atomic E-state index is 11.6. The average Bonchev–Trinajstić information content (AvgIpc) is 3.11. The second kappa shape index (κ2) is 5.19. The maximum Gasteiger partial charge on any atom is 0.223 e. The van der Waals surface area contributed by atoms with Crippen LogP contribution in [0.4, 0.5) is 0 Å². The lowest BCUT2D eigenvalue weighted by molar-refractivity contribution is -0.122. The van der Waals surface area contributed by atoms with Gasteiger partial charge in [-0.2, -0.15) is 0 Å². The molecule has 1 fully saturated rings. The van der Waals surface area contributed by atoms with E-state index in [0.717, 1.165) is 18.6 Å². The van der Waals surface area contributed by atoms with Crippen LogP contribution in [0, 0.1) is 0 Å². The summed E-state index contributed by atoms with van der Waals surface area (Å²) in [5.41, 5.74) is 5.48. The van der Waals surface area contributed by atoms with E-state index in [9.17, 15) is 4.79 Å². The molecule has 0 unspecified atom stereocenters. The maximum absolute atomic E-state index is 11.6. The van der Waals surface area contributed by atoms with Gasteiger partial charge in [0.2, 0.25) is 5.91 Å². The van der Waals surface area contributed by atoms with Crippen molar-refractivity contribution >= 4 is 5.91 Å². The van der Waals surface area contributed by atoms with E-state index in [4.69, 9.17) is 10.5 Å². The second-order valence-electron chi connectivity index (χ2n) is 4.44. The summed E-state index contributed by atoms with van der Waals surface area (Å²) in [6.45, 7) is 0.925. The van der Waals surface area contributed by atoms with Crippen LogP contribution in [0.2, 0.25) is 0 Å². The van der Waals surface area contributed by atoms with Crippen LogP contribution in [0.3, 0.4) is 0 Å². The summed E-state index contributed by atoms with van der Waals surface area (Å²) < 4.78 is 5.45. The SMILES string of the molecule is NCC1(NC(=O)CCOc2ccccc2)CC1. The molecule has 1 saturated carbocycles. The monoisotopic (exact) mass is 234 g/mol. The molecule has 1 aromatic rings. The molecule has 0 radical (unpaired) electrons. The summed E-state index contributed by atoms with van der Waals surface area (Å²) in [5.74, 6) is 0.809. The molecular weight excluding hydrogens is 216 g/mol. The van der Waals surface area contributed by atoms with Gasteiger partial charge in [-0.15, -0.1) is 0 Å². The zero-order chi connectivity index (χ0) is 12.1. The van der Waals surface area contributed by atoms with Crippen LogP contribution in [0.25, 0.3) is 0 Å². The molecule has 1 amide bonds. The smallest absolute Gasteiger partial charge is 0.223 e. The molecule has 0 aliphatic heterocycles. The number of amides is 1. The van der Waals surface area contributed by atoms with Crippen molar-refractivity contribution < 1.29 is 9.53 Å². The molecule has 3 N–H and O–H groups in total. The molecule has 4 heteroatoms. The highest BCUT2D eigenvalue weighted by Gasteiger charge is 2.42. The van der Waals surface area contributed by atoms with Crippen molar-refractivity contribution in [3.8, 4) is 5.75 Å². The summed E-state index contributed by atoms with van der Waals surface area (Å²) in [4.78, 5) is 11.6. The molecule has 92 valence electrons. The Bertz CT molecular complexity index is 374. The summed E-state index contributed by atoms with van der Waals surface area (Å²) in [6, 6.07) is 9.49. The number of carbonyl (C=O) groups is 1. The molecule has 4 nitrogen and oxygen atoms in total. The fourth-order valence-electron chi connectivity index (χ4n) is 1.67. The lowest BCUT2D eigenvalue weighted by Crippen LogP contribution is -2.42. The van der Waals surface area contributed by atoms with E-state index < -0.39 is 0 Å². The highest BCUT2D eigenvalue weighted by molar-refractivity contribution is 5.77. The first-order valence-corrected chi connectivity index (χ1v) is 5.93. The summed E-state index contributed by atoms with van der Waals surface area (Å²) >= 11 is 0. The first-order chi connectivity index (χ1) is 8.24. The molecule has 0 aromatic heterocycles. The lowest BCUT2D eigenvalue weighted by Gasteiger charge is -2.14. The van der Waals surface area contributed by atoms with E-state index in [1.54, 1.807) is 0 Å². The molecule has 0 bridgehead atoms. The zero-order valence-corrected chi connectivity index (χ0v) is 9.82. The van der Waals surface area contributed by atoms with E-state index in [2.05, 4.69) is 5.32 Å². The number of ether oxygens (including phenoxy) is 1. The molecule has 0 atom stereocenters. The Kier molecular flexibility index (Phi) is 3.64. The van der Waals surface area contributed by atoms with Crippen LogP contribution >= 0.6 is 0 Å². The van der Waals surface area contributed by atoms with Crippen LogP contribution in [-0.2, 0) is 4.79 Å². The van der Waals surface area contributed by atoms with Gasteiger partial charge >= 0.3 is 0 Å². The standard InChI is InChI=1S/C13H18N2O2/c14-10-13(7-8-13)15-12(16)6-9-17-11-4-2-1-3-5-11/h1-5H,6-10,14H2,(H,15,16). The highest BCUT2D eigenvalue weighted by Crippen LogP contribution is 2.33. The van der Waals surface area contributed by atoms with Gasteiger partial charge in [-0.05, 0) is 25.0 Å². The van der Waals surface area contributed by atoms with Crippen LogP contribution < -0.4 is 15.8 Å². The Morgan fingerprint density at radius 2 is 2.06 bits per heavy atom. The van der Waals surface area contributed by atoms with Gasteiger partial charge in [0.25, 0.3) is 0 Å². The fraction of sp³-hybridized carbons (Fsp3) is 0.462. The zero-order valence-electron chi connectivity index (χ0n) is 9.82. The van der Waals surface area contributed by atoms with Gasteiger partial charge in [0.1, 0.15) is 5.75 Å². The van der Waals surface area contributed by atoms with E-state index >= 15 is 0 Å². The Labute approximate surface area is 101 Å². The Balaban J connectivity index is 1.67. The molecule has 17 heavy (non-hydrogen) atoms. The van der Waals surface area contributed by atoms with Gasteiger partial charge < -0.3 is 15.8 Å². The first kappa shape index (κ1) is 11.9. The van der Waals surface area contributed by atoms with Crippen molar-refractivity contribution in [3.05, 3.63) is 30.3 Å². The van der Waals surface area contributed by atoms with Gasteiger partial charge in [-0.25, -0.2) is 0 Å². The van der Waals surface area contributed by atoms with E-state index in [1.165, 1.54) is 0 Å². The Hall–Kier alpha value is -1.55. The third-order valence-electron chi connectivity index (χ3n) is 2.99. The largest absolute Gasteiger partial charge is 0.493 e. The van der Waals surface area contributed by atoms with E-state index in [0.29, 0.717) is 19.6 Å². The number of hydrogen-bond donors (Lipinski definition) is 2.